The number of nitrogens with one attached hydrogen (secondary N) is 1. The van der Waals surface area contributed by atoms with Crippen LogP contribution in [0, 0.1) is 0 Å². The Kier molecular flexibility index (Phi) is 1.82. The highest BCUT2D eigenvalue weighted by Gasteiger charge is 2.11. The normalized spacial score (nSPS) is 13.9. The first kappa shape index (κ1) is 7.35. The third-order valence-electron chi connectivity index (χ3n) is 1.99. The Labute approximate surface area is 72.3 Å². The monoisotopic (exact) mass is 160 g/mol. The van der Waals surface area contributed by atoms with Gasteiger partial charge >= 0.3 is 0 Å². The number of para-hydroxylation sites is 1. The van der Waals surface area contributed by atoms with Crippen molar-refractivity contribution in [2.24, 2.45) is 4.99 Å². The van der Waals surface area contributed by atoms with Crippen LogP contribution in [0.3, 0.4) is 0 Å². The molecule has 1 aromatic carbocycles. The molecule has 1 N–H and O–H groups in total. The maximum Gasteiger partial charge on any atom is 0.107 e. The summed E-state index contributed by atoms with van der Waals surface area (Å²) in [6.07, 6.45) is 0.962. The fraction of sp³-hybridized carbons (Fsp3) is 0.300. The molecule has 0 atom stereocenters. The molecule has 1 heterocycles. The zero-order valence-electron chi connectivity index (χ0n) is 7.17. The zero-order chi connectivity index (χ0) is 8.39. The molecule has 0 radical (unpaired) electrons. The van der Waals surface area contributed by atoms with Crippen LogP contribution in [0.25, 0.3) is 0 Å². The molecule has 2 heteroatoms. The van der Waals surface area contributed by atoms with Gasteiger partial charge in [0.15, 0.2) is 0 Å². The summed E-state index contributed by atoms with van der Waals surface area (Å²) in [5.74, 6) is 1.10. The van der Waals surface area contributed by atoms with Gasteiger partial charge in [0.1, 0.15) is 5.84 Å². The van der Waals surface area contributed by atoms with Crippen molar-refractivity contribution in [1.29, 1.82) is 0 Å². The van der Waals surface area contributed by atoms with Crippen molar-refractivity contribution in [3.05, 3.63) is 29.8 Å². The third-order valence-corrected chi connectivity index (χ3v) is 1.99. The van der Waals surface area contributed by atoms with Crippen molar-refractivity contribution in [3.63, 3.8) is 0 Å². The van der Waals surface area contributed by atoms with Crippen LogP contribution in [0.15, 0.2) is 29.3 Å². The Morgan fingerprint density at radius 2 is 2.25 bits per heavy atom. The first-order valence-electron chi connectivity index (χ1n) is 4.29. The highest BCUT2D eigenvalue weighted by molar-refractivity contribution is 5.92. The minimum absolute atomic E-state index is 0.951. The Bertz CT molecular complexity index is 315. The van der Waals surface area contributed by atoms with Gasteiger partial charge in [-0.3, -0.25) is 0 Å². The van der Waals surface area contributed by atoms with Gasteiger partial charge in [-0.05, 0) is 18.6 Å². The lowest BCUT2D eigenvalue weighted by Crippen LogP contribution is -2.22. The van der Waals surface area contributed by atoms with Gasteiger partial charge < -0.3 is 5.32 Å². The summed E-state index contributed by atoms with van der Waals surface area (Å²) in [7, 11) is 0. The minimum Gasteiger partial charge on any atom is -0.374 e. The molecule has 0 bridgehead atoms. The number of aliphatic imine (C=N–C) groups is 1. The van der Waals surface area contributed by atoms with Crippen LogP contribution in [0.2, 0.25) is 0 Å². The molecule has 12 heavy (non-hydrogen) atoms. The van der Waals surface area contributed by atoms with E-state index in [1.807, 2.05) is 6.07 Å². The Morgan fingerprint density at radius 3 is 3.00 bits per heavy atom. The van der Waals surface area contributed by atoms with E-state index in [1.165, 1.54) is 5.56 Å². The third kappa shape index (κ3) is 1.20. The average Bonchev–Trinajstić information content (AvgIpc) is 2.47. The zero-order valence-corrected chi connectivity index (χ0v) is 7.17. The molecule has 2 nitrogen and oxygen atoms in total. The first-order valence-corrected chi connectivity index (χ1v) is 4.29. The lowest BCUT2D eigenvalue weighted by molar-refractivity contribution is 0.952. The van der Waals surface area contributed by atoms with Gasteiger partial charge in [0.2, 0.25) is 0 Å². The van der Waals surface area contributed by atoms with Crippen LogP contribution in [0.1, 0.15) is 12.5 Å². The molecule has 0 saturated heterocycles. The van der Waals surface area contributed by atoms with E-state index in [1.54, 1.807) is 0 Å². The van der Waals surface area contributed by atoms with Crippen molar-refractivity contribution in [3.8, 4) is 0 Å². The summed E-state index contributed by atoms with van der Waals surface area (Å²) in [5.41, 5.74) is 2.45. The maximum atomic E-state index is 4.45. The SMILES string of the molecule is CCNC1=Nc2ccccc2C1. The average molecular weight is 160 g/mol. The smallest absolute Gasteiger partial charge is 0.107 e. The number of benzene rings is 1. The van der Waals surface area contributed by atoms with Crippen molar-refractivity contribution in [2.75, 3.05) is 6.54 Å². The Hall–Kier alpha value is -1.31. The summed E-state index contributed by atoms with van der Waals surface area (Å²) >= 11 is 0. The van der Waals surface area contributed by atoms with Crippen LogP contribution >= 0.6 is 0 Å². The van der Waals surface area contributed by atoms with Gasteiger partial charge in [-0.1, -0.05) is 18.2 Å². The molecule has 0 aliphatic carbocycles. The summed E-state index contributed by atoms with van der Waals surface area (Å²) in [6.45, 7) is 3.04. The van der Waals surface area contributed by atoms with E-state index < -0.39 is 0 Å². The van der Waals surface area contributed by atoms with Gasteiger partial charge in [-0.25, -0.2) is 4.99 Å². The molecule has 0 unspecified atom stereocenters. The number of likely N-dealkylation sites (N-methyl/N-ethyl adjacent to an activating group) is 1. The second kappa shape index (κ2) is 2.97. The molecular weight excluding hydrogens is 148 g/mol. The molecule has 1 aliphatic heterocycles. The van der Waals surface area contributed by atoms with E-state index >= 15 is 0 Å². The second-order valence-corrected chi connectivity index (χ2v) is 2.89. The number of amidine groups is 1. The van der Waals surface area contributed by atoms with Crippen molar-refractivity contribution < 1.29 is 0 Å². The standard InChI is InChI=1S/C10H12N2/c1-2-11-10-7-8-5-3-4-6-9(8)12-10/h3-6H,2,7H2,1H3,(H,11,12). The van der Waals surface area contributed by atoms with Crippen molar-refractivity contribution >= 4 is 11.5 Å². The lowest BCUT2D eigenvalue weighted by Gasteiger charge is -1.98. The molecule has 1 aliphatic rings. The fourth-order valence-electron chi connectivity index (χ4n) is 1.44. The van der Waals surface area contributed by atoms with E-state index in [0.717, 1.165) is 24.5 Å². The highest BCUT2D eigenvalue weighted by atomic mass is 15.0. The van der Waals surface area contributed by atoms with Gasteiger partial charge in [-0.2, -0.15) is 0 Å². The van der Waals surface area contributed by atoms with Gasteiger partial charge in [-0.15, -0.1) is 0 Å². The molecular formula is C10H12N2. The Balaban J connectivity index is 2.23. The van der Waals surface area contributed by atoms with Gasteiger partial charge in [0, 0.05) is 13.0 Å². The molecule has 62 valence electrons. The molecule has 2 rings (SSSR count). The molecule has 0 spiro atoms. The van der Waals surface area contributed by atoms with Crippen LogP contribution in [-0.2, 0) is 6.42 Å². The van der Waals surface area contributed by atoms with E-state index in [2.05, 4.69) is 35.4 Å². The first-order chi connectivity index (χ1) is 5.90. The van der Waals surface area contributed by atoms with Crippen LogP contribution in [0.5, 0.6) is 0 Å². The lowest BCUT2D eigenvalue weighted by atomic mass is 10.1. The summed E-state index contributed by atoms with van der Waals surface area (Å²) in [4.78, 5) is 4.45. The number of nitrogens with zero attached hydrogens (tertiary/aromatic N) is 1. The molecule has 1 aromatic rings. The van der Waals surface area contributed by atoms with E-state index in [-0.39, 0.29) is 0 Å². The minimum atomic E-state index is 0.951. The molecule has 0 aromatic heterocycles. The largest absolute Gasteiger partial charge is 0.374 e. The molecule has 0 saturated carbocycles. The maximum absolute atomic E-state index is 4.45. The van der Waals surface area contributed by atoms with Gasteiger partial charge in [0.25, 0.3) is 0 Å². The highest BCUT2D eigenvalue weighted by Crippen LogP contribution is 2.24. The number of fused-ring (bicyclic) bond motifs is 1. The second-order valence-electron chi connectivity index (χ2n) is 2.89. The van der Waals surface area contributed by atoms with Crippen molar-refractivity contribution in [2.45, 2.75) is 13.3 Å². The van der Waals surface area contributed by atoms with Crippen LogP contribution in [0.4, 0.5) is 5.69 Å². The topological polar surface area (TPSA) is 24.4 Å². The number of hydrogen-bond acceptors (Lipinski definition) is 2. The summed E-state index contributed by atoms with van der Waals surface area (Å²) < 4.78 is 0. The summed E-state index contributed by atoms with van der Waals surface area (Å²) in [6, 6.07) is 8.27. The quantitative estimate of drug-likeness (QED) is 0.666. The molecule has 0 amide bonds. The number of hydrogen-bond donors (Lipinski definition) is 1. The Morgan fingerprint density at radius 1 is 1.42 bits per heavy atom. The van der Waals surface area contributed by atoms with E-state index in [0.29, 0.717) is 0 Å². The van der Waals surface area contributed by atoms with Crippen LogP contribution in [-0.4, -0.2) is 12.4 Å². The van der Waals surface area contributed by atoms with Crippen LogP contribution < -0.4 is 5.32 Å². The summed E-state index contributed by atoms with van der Waals surface area (Å²) in [5, 5.41) is 3.24. The molecule has 0 fully saturated rings. The van der Waals surface area contributed by atoms with Crippen molar-refractivity contribution in [1.82, 2.24) is 5.32 Å². The van der Waals surface area contributed by atoms with E-state index in [9.17, 15) is 0 Å². The predicted octanol–water partition coefficient (Wildman–Crippen LogP) is 1.88. The predicted molar refractivity (Wildman–Crippen MR) is 50.9 cm³/mol. The van der Waals surface area contributed by atoms with E-state index in [4.69, 9.17) is 0 Å². The number of rotatable bonds is 1. The fourth-order valence-corrected chi connectivity index (χ4v) is 1.44. The van der Waals surface area contributed by atoms with Gasteiger partial charge in [0.05, 0.1) is 5.69 Å².